The lowest BCUT2D eigenvalue weighted by atomic mass is 10.1. The van der Waals surface area contributed by atoms with Crippen LogP contribution in [0.25, 0.3) is 16.9 Å². The van der Waals surface area contributed by atoms with E-state index < -0.39 is 0 Å². The van der Waals surface area contributed by atoms with Gasteiger partial charge in [0.1, 0.15) is 0 Å². The smallest absolute Gasteiger partial charge is 0.220 e. The number of fused-ring (bicyclic) bond motifs is 1. The number of rotatable bonds is 9. The van der Waals surface area contributed by atoms with Gasteiger partial charge in [0.2, 0.25) is 5.91 Å². The highest BCUT2D eigenvalue weighted by Crippen LogP contribution is 2.22. The Morgan fingerprint density at radius 2 is 1.86 bits per heavy atom. The molecule has 6 nitrogen and oxygen atoms in total. The maximum Gasteiger partial charge on any atom is 0.220 e. The maximum absolute atomic E-state index is 12.3. The van der Waals surface area contributed by atoms with Crippen molar-refractivity contribution < 1.29 is 4.79 Å². The summed E-state index contributed by atoms with van der Waals surface area (Å²) in [5.41, 5.74) is 5.93. The van der Waals surface area contributed by atoms with E-state index in [1.165, 1.54) is 0 Å². The summed E-state index contributed by atoms with van der Waals surface area (Å²) < 4.78 is 1.89. The molecule has 0 fully saturated rings. The summed E-state index contributed by atoms with van der Waals surface area (Å²) >= 11 is 0. The molecule has 29 heavy (non-hydrogen) atoms. The molecule has 3 aromatic rings. The molecule has 0 unspecified atom stereocenters. The summed E-state index contributed by atoms with van der Waals surface area (Å²) in [5.74, 6) is 0.0847. The third kappa shape index (κ3) is 5.01. The number of aromatic nitrogens is 3. The van der Waals surface area contributed by atoms with E-state index in [4.69, 9.17) is 10.1 Å². The van der Waals surface area contributed by atoms with E-state index >= 15 is 0 Å². The molecule has 1 aromatic carbocycles. The van der Waals surface area contributed by atoms with Crippen molar-refractivity contribution in [3.63, 3.8) is 0 Å². The molecule has 154 valence electrons. The lowest BCUT2D eigenvalue weighted by Crippen LogP contribution is -2.34. The molecular formula is C23H31N5O. The Hall–Kier alpha value is -2.73. The van der Waals surface area contributed by atoms with Gasteiger partial charge in [-0.15, -0.1) is 0 Å². The molecule has 0 aliphatic heterocycles. The van der Waals surface area contributed by atoms with E-state index in [0.717, 1.165) is 53.5 Å². The molecule has 0 saturated carbocycles. The molecule has 3 rings (SSSR count). The minimum Gasteiger partial charge on any atom is -0.355 e. The van der Waals surface area contributed by atoms with Crippen LogP contribution in [0.4, 0.5) is 0 Å². The summed E-state index contributed by atoms with van der Waals surface area (Å²) in [7, 11) is 0. The van der Waals surface area contributed by atoms with Crippen LogP contribution in [0.2, 0.25) is 0 Å². The zero-order chi connectivity index (χ0) is 20.8. The maximum atomic E-state index is 12.3. The molecule has 0 aliphatic rings. The van der Waals surface area contributed by atoms with E-state index in [1.54, 1.807) is 0 Å². The Balaban J connectivity index is 1.69. The van der Waals surface area contributed by atoms with Crippen LogP contribution in [-0.4, -0.2) is 51.6 Å². The molecule has 1 N–H and O–H groups in total. The van der Waals surface area contributed by atoms with Gasteiger partial charge in [-0.05, 0) is 38.9 Å². The second-order valence-electron chi connectivity index (χ2n) is 7.30. The Kier molecular flexibility index (Phi) is 6.99. The minimum atomic E-state index is 0.0847. The standard InChI is InChI=1S/C23H31N5O/c1-5-27(6-2)15-14-24-23(29)13-12-20-17(3)25-22-16-21(26-28(22)18(20)4)19-10-8-7-9-11-19/h7-11,16H,5-6,12-15H2,1-4H3,(H,24,29). The number of nitrogens with zero attached hydrogens (tertiary/aromatic N) is 4. The van der Waals surface area contributed by atoms with Crippen molar-refractivity contribution in [3.05, 3.63) is 53.3 Å². The summed E-state index contributed by atoms with van der Waals surface area (Å²) in [4.78, 5) is 19.3. The molecule has 0 saturated heterocycles. The van der Waals surface area contributed by atoms with Crippen molar-refractivity contribution in [1.29, 1.82) is 0 Å². The van der Waals surface area contributed by atoms with Crippen LogP contribution in [0.3, 0.4) is 0 Å². The molecule has 0 bridgehead atoms. The van der Waals surface area contributed by atoms with Gasteiger partial charge < -0.3 is 10.2 Å². The van der Waals surface area contributed by atoms with Crippen LogP contribution >= 0.6 is 0 Å². The highest BCUT2D eigenvalue weighted by atomic mass is 16.1. The fourth-order valence-electron chi connectivity index (χ4n) is 3.66. The quantitative estimate of drug-likeness (QED) is 0.605. The van der Waals surface area contributed by atoms with Gasteiger partial charge in [0, 0.05) is 42.5 Å². The zero-order valence-electron chi connectivity index (χ0n) is 17.9. The average molecular weight is 394 g/mol. The SMILES string of the molecule is CCN(CC)CCNC(=O)CCc1c(C)nc2cc(-c3ccccc3)nn2c1C. The van der Waals surface area contributed by atoms with Gasteiger partial charge in [-0.2, -0.15) is 5.10 Å². The fraction of sp³-hybridized carbons (Fsp3) is 0.435. The largest absolute Gasteiger partial charge is 0.355 e. The van der Waals surface area contributed by atoms with Crippen LogP contribution in [0, 0.1) is 13.8 Å². The number of aryl methyl sites for hydroxylation is 2. The summed E-state index contributed by atoms with van der Waals surface area (Å²) in [6.45, 7) is 11.9. The normalized spacial score (nSPS) is 11.3. The van der Waals surface area contributed by atoms with Crippen molar-refractivity contribution in [2.75, 3.05) is 26.2 Å². The zero-order valence-corrected chi connectivity index (χ0v) is 17.9. The van der Waals surface area contributed by atoms with E-state index in [-0.39, 0.29) is 5.91 Å². The van der Waals surface area contributed by atoms with E-state index in [2.05, 4.69) is 31.0 Å². The van der Waals surface area contributed by atoms with Gasteiger partial charge in [0.25, 0.3) is 0 Å². The third-order valence-electron chi connectivity index (χ3n) is 5.48. The molecular weight excluding hydrogens is 362 g/mol. The molecule has 2 aromatic heterocycles. The highest BCUT2D eigenvalue weighted by molar-refractivity contribution is 5.76. The lowest BCUT2D eigenvalue weighted by molar-refractivity contribution is -0.121. The van der Waals surface area contributed by atoms with Gasteiger partial charge in [-0.1, -0.05) is 44.2 Å². The minimum absolute atomic E-state index is 0.0847. The Morgan fingerprint density at radius 3 is 2.55 bits per heavy atom. The van der Waals surface area contributed by atoms with Gasteiger partial charge >= 0.3 is 0 Å². The van der Waals surface area contributed by atoms with E-state index in [1.807, 2.05) is 47.8 Å². The molecule has 6 heteroatoms. The van der Waals surface area contributed by atoms with Crippen molar-refractivity contribution in [3.8, 4) is 11.3 Å². The Labute approximate surface area is 172 Å². The lowest BCUT2D eigenvalue weighted by Gasteiger charge is -2.18. The first-order chi connectivity index (χ1) is 14.0. The topological polar surface area (TPSA) is 62.5 Å². The first kappa shape index (κ1) is 21.0. The second-order valence-corrected chi connectivity index (χ2v) is 7.30. The fourth-order valence-corrected chi connectivity index (χ4v) is 3.66. The van der Waals surface area contributed by atoms with Crippen LogP contribution < -0.4 is 5.32 Å². The van der Waals surface area contributed by atoms with Crippen LogP contribution in [0.1, 0.15) is 37.2 Å². The Morgan fingerprint density at radius 1 is 1.14 bits per heavy atom. The molecule has 2 heterocycles. The molecule has 0 atom stereocenters. The molecule has 0 aliphatic carbocycles. The molecule has 0 radical (unpaired) electrons. The highest BCUT2D eigenvalue weighted by Gasteiger charge is 2.14. The number of amides is 1. The number of hydrogen-bond acceptors (Lipinski definition) is 4. The van der Waals surface area contributed by atoms with E-state index in [0.29, 0.717) is 19.4 Å². The molecule has 0 spiro atoms. The van der Waals surface area contributed by atoms with Crippen LogP contribution in [-0.2, 0) is 11.2 Å². The number of nitrogens with one attached hydrogen (secondary N) is 1. The number of carbonyl (C=O) groups is 1. The van der Waals surface area contributed by atoms with Crippen molar-refractivity contribution in [2.24, 2.45) is 0 Å². The number of hydrogen-bond donors (Lipinski definition) is 1. The summed E-state index contributed by atoms with van der Waals surface area (Å²) in [6, 6.07) is 12.1. The first-order valence-corrected chi connectivity index (χ1v) is 10.4. The van der Waals surface area contributed by atoms with Crippen molar-refractivity contribution >= 4 is 11.6 Å². The average Bonchev–Trinajstić information content (AvgIpc) is 3.16. The van der Waals surface area contributed by atoms with E-state index in [9.17, 15) is 4.79 Å². The van der Waals surface area contributed by atoms with Gasteiger partial charge in [0.05, 0.1) is 5.69 Å². The summed E-state index contributed by atoms with van der Waals surface area (Å²) in [6.07, 6.45) is 1.12. The van der Waals surface area contributed by atoms with Gasteiger partial charge in [0.15, 0.2) is 5.65 Å². The number of carbonyl (C=O) groups excluding carboxylic acids is 1. The predicted molar refractivity (Wildman–Crippen MR) is 117 cm³/mol. The number of likely N-dealkylation sites (N-methyl/N-ethyl adjacent to an activating group) is 1. The van der Waals surface area contributed by atoms with Gasteiger partial charge in [-0.3, -0.25) is 4.79 Å². The number of benzene rings is 1. The third-order valence-corrected chi connectivity index (χ3v) is 5.48. The second kappa shape index (κ2) is 9.65. The van der Waals surface area contributed by atoms with Crippen LogP contribution in [0.15, 0.2) is 36.4 Å². The molecule has 1 amide bonds. The monoisotopic (exact) mass is 393 g/mol. The van der Waals surface area contributed by atoms with Gasteiger partial charge in [-0.25, -0.2) is 9.50 Å². The van der Waals surface area contributed by atoms with Crippen molar-refractivity contribution in [1.82, 2.24) is 24.8 Å². The van der Waals surface area contributed by atoms with Crippen LogP contribution in [0.5, 0.6) is 0 Å². The predicted octanol–water partition coefficient (Wildman–Crippen LogP) is 3.40. The van der Waals surface area contributed by atoms with Crippen molar-refractivity contribution in [2.45, 2.75) is 40.5 Å². The summed E-state index contributed by atoms with van der Waals surface area (Å²) in [5, 5.41) is 7.78. The first-order valence-electron chi connectivity index (χ1n) is 10.4. The Bertz CT molecular complexity index is 960.